The summed E-state index contributed by atoms with van der Waals surface area (Å²) < 4.78 is 1.78. The van der Waals surface area contributed by atoms with Crippen molar-refractivity contribution in [3.05, 3.63) is 19.2 Å². The van der Waals surface area contributed by atoms with Crippen LogP contribution >= 0.6 is 54.8 Å². The number of amides is 1. The molecule has 1 unspecified atom stereocenters. The van der Waals surface area contributed by atoms with Gasteiger partial charge in [0.15, 0.2) is 0 Å². The molecule has 1 rings (SSSR count). The fourth-order valence-corrected chi connectivity index (χ4v) is 4.33. The SMILES string of the molecule is CCC(CCCl)NC(=O)c1cc(Br)sc1Br. The molecule has 90 valence electrons. The van der Waals surface area contributed by atoms with Gasteiger partial charge >= 0.3 is 0 Å². The van der Waals surface area contributed by atoms with Gasteiger partial charge in [-0.2, -0.15) is 0 Å². The molecule has 1 aromatic heterocycles. The maximum absolute atomic E-state index is 11.9. The van der Waals surface area contributed by atoms with Gasteiger partial charge in [0.25, 0.3) is 5.91 Å². The van der Waals surface area contributed by atoms with Crippen molar-refractivity contribution in [2.24, 2.45) is 0 Å². The summed E-state index contributed by atoms with van der Waals surface area (Å²) in [6, 6.07) is 1.97. The zero-order chi connectivity index (χ0) is 12.1. The van der Waals surface area contributed by atoms with E-state index in [0.29, 0.717) is 11.4 Å². The highest BCUT2D eigenvalue weighted by molar-refractivity contribution is 9.12. The Bertz CT molecular complexity index is 370. The topological polar surface area (TPSA) is 29.1 Å². The molecule has 0 saturated carbocycles. The fourth-order valence-electron chi connectivity index (χ4n) is 1.27. The van der Waals surface area contributed by atoms with Crippen LogP contribution in [0.3, 0.4) is 0 Å². The molecule has 0 bridgehead atoms. The molecule has 0 aromatic carbocycles. The monoisotopic (exact) mass is 387 g/mol. The average Bonchev–Trinajstić information content (AvgIpc) is 2.57. The Morgan fingerprint density at radius 1 is 1.62 bits per heavy atom. The lowest BCUT2D eigenvalue weighted by Crippen LogP contribution is -2.34. The molecule has 0 radical (unpaired) electrons. The van der Waals surface area contributed by atoms with Gasteiger partial charge in [0.2, 0.25) is 0 Å². The largest absolute Gasteiger partial charge is 0.349 e. The van der Waals surface area contributed by atoms with Crippen LogP contribution in [0, 0.1) is 0 Å². The number of hydrogen-bond donors (Lipinski definition) is 1. The maximum Gasteiger partial charge on any atom is 0.253 e. The third-order valence-corrected chi connectivity index (χ3v) is 4.74. The lowest BCUT2D eigenvalue weighted by Gasteiger charge is -2.15. The van der Waals surface area contributed by atoms with Gasteiger partial charge in [0.05, 0.1) is 13.1 Å². The van der Waals surface area contributed by atoms with Gasteiger partial charge in [-0.25, -0.2) is 0 Å². The Kier molecular flexibility index (Phi) is 6.32. The Balaban J connectivity index is 2.67. The number of hydrogen-bond acceptors (Lipinski definition) is 2. The number of rotatable bonds is 5. The number of alkyl halides is 1. The van der Waals surface area contributed by atoms with E-state index in [1.165, 1.54) is 11.3 Å². The second-order valence-corrected chi connectivity index (χ2v) is 7.42. The highest BCUT2D eigenvalue weighted by Gasteiger charge is 2.16. The number of carbonyl (C=O) groups is 1. The van der Waals surface area contributed by atoms with Crippen LogP contribution in [-0.4, -0.2) is 17.8 Å². The highest BCUT2D eigenvalue weighted by Crippen LogP contribution is 2.31. The molecular formula is C10H12Br2ClNOS. The van der Waals surface area contributed by atoms with E-state index in [1.807, 2.05) is 13.0 Å². The first-order chi connectivity index (χ1) is 7.58. The van der Waals surface area contributed by atoms with Gasteiger partial charge in [0.1, 0.15) is 0 Å². The van der Waals surface area contributed by atoms with E-state index in [2.05, 4.69) is 37.2 Å². The van der Waals surface area contributed by atoms with E-state index in [1.54, 1.807) is 0 Å². The normalized spacial score (nSPS) is 12.5. The van der Waals surface area contributed by atoms with E-state index < -0.39 is 0 Å². The molecule has 0 saturated heterocycles. The second-order valence-electron chi connectivity index (χ2n) is 3.29. The lowest BCUT2D eigenvalue weighted by molar-refractivity contribution is 0.0935. The van der Waals surface area contributed by atoms with Crippen molar-refractivity contribution in [2.45, 2.75) is 25.8 Å². The standard InChI is InChI=1S/C10H12Br2ClNOS/c1-2-6(3-4-13)14-10(15)7-5-8(11)16-9(7)12/h5-6H,2-4H2,1H3,(H,14,15). The van der Waals surface area contributed by atoms with Gasteiger partial charge in [-0.05, 0) is 50.8 Å². The van der Waals surface area contributed by atoms with Gasteiger partial charge in [-0.3, -0.25) is 4.79 Å². The third kappa shape index (κ3) is 4.02. The predicted molar refractivity (Wildman–Crippen MR) is 76.6 cm³/mol. The minimum Gasteiger partial charge on any atom is -0.349 e. The van der Waals surface area contributed by atoms with E-state index in [9.17, 15) is 4.79 Å². The summed E-state index contributed by atoms with van der Waals surface area (Å²) in [7, 11) is 0. The third-order valence-electron chi connectivity index (χ3n) is 2.19. The quantitative estimate of drug-likeness (QED) is 0.743. The van der Waals surface area contributed by atoms with E-state index in [4.69, 9.17) is 11.6 Å². The van der Waals surface area contributed by atoms with Crippen molar-refractivity contribution < 1.29 is 4.79 Å². The molecule has 16 heavy (non-hydrogen) atoms. The summed E-state index contributed by atoms with van der Waals surface area (Å²) >= 11 is 13.9. The second kappa shape index (κ2) is 6.99. The molecule has 1 aromatic rings. The summed E-state index contributed by atoms with van der Waals surface area (Å²) in [6.45, 7) is 2.04. The fraction of sp³-hybridized carbons (Fsp3) is 0.500. The van der Waals surface area contributed by atoms with E-state index in [-0.39, 0.29) is 11.9 Å². The van der Waals surface area contributed by atoms with Crippen LogP contribution < -0.4 is 5.32 Å². The maximum atomic E-state index is 11.9. The Morgan fingerprint density at radius 3 is 2.75 bits per heavy atom. The molecular weight excluding hydrogens is 377 g/mol. The minimum absolute atomic E-state index is 0.0502. The van der Waals surface area contributed by atoms with Crippen LogP contribution in [0.5, 0.6) is 0 Å². The summed E-state index contributed by atoms with van der Waals surface area (Å²) in [5.41, 5.74) is 0.671. The zero-order valence-corrected chi connectivity index (χ0v) is 13.5. The van der Waals surface area contributed by atoms with Crippen molar-refractivity contribution in [3.8, 4) is 0 Å². The molecule has 0 aliphatic heterocycles. The Morgan fingerprint density at radius 2 is 2.31 bits per heavy atom. The van der Waals surface area contributed by atoms with E-state index >= 15 is 0 Å². The smallest absolute Gasteiger partial charge is 0.253 e. The van der Waals surface area contributed by atoms with Crippen LogP contribution in [0.4, 0.5) is 0 Å². The minimum atomic E-state index is -0.0502. The average molecular weight is 390 g/mol. The molecule has 0 aliphatic carbocycles. The van der Waals surface area contributed by atoms with E-state index in [0.717, 1.165) is 20.4 Å². The molecule has 2 nitrogen and oxygen atoms in total. The van der Waals surface area contributed by atoms with Crippen molar-refractivity contribution in [3.63, 3.8) is 0 Å². The molecule has 1 atom stereocenters. The molecule has 1 amide bonds. The van der Waals surface area contributed by atoms with Crippen LogP contribution in [0.2, 0.25) is 0 Å². The number of thiophene rings is 1. The van der Waals surface area contributed by atoms with Gasteiger partial charge < -0.3 is 5.32 Å². The first-order valence-corrected chi connectivity index (χ1v) is 7.83. The molecule has 6 heteroatoms. The molecule has 0 aliphatic rings. The first-order valence-electron chi connectivity index (χ1n) is 4.90. The Hall–Kier alpha value is 0.420. The lowest BCUT2D eigenvalue weighted by atomic mass is 10.1. The van der Waals surface area contributed by atoms with Crippen LogP contribution in [0.25, 0.3) is 0 Å². The zero-order valence-electron chi connectivity index (χ0n) is 8.73. The summed E-state index contributed by atoms with van der Waals surface area (Å²) in [4.78, 5) is 11.9. The molecule has 0 spiro atoms. The summed E-state index contributed by atoms with van der Waals surface area (Å²) in [5, 5.41) is 2.97. The Labute approximate surface area is 121 Å². The number of halogens is 3. The van der Waals surface area contributed by atoms with Crippen molar-refractivity contribution in [2.75, 3.05) is 5.88 Å². The van der Waals surface area contributed by atoms with Crippen LogP contribution in [0.15, 0.2) is 13.6 Å². The van der Waals surface area contributed by atoms with Gasteiger partial charge in [0, 0.05) is 11.9 Å². The predicted octanol–water partition coefficient (Wildman–Crippen LogP) is 4.41. The first kappa shape index (κ1) is 14.5. The summed E-state index contributed by atoms with van der Waals surface area (Å²) in [5.74, 6) is 0.513. The van der Waals surface area contributed by atoms with Crippen molar-refractivity contribution in [1.29, 1.82) is 0 Å². The number of nitrogens with one attached hydrogen (secondary N) is 1. The highest BCUT2D eigenvalue weighted by atomic mass is 79.9. The molecule has 1 N–H and O–H groups in total. The van der Waals surface area contributed by atoms with Crippen LogP contribution in [0.1, 0.15) is 30.1 Å². The number of carbonyl (C=O) groups excluding carboxylic acids is 1. The van der Waals surface area contributed by atoms with Gasteiger partial charge in [-0.1, -0.05) is 6.92 Å². The van der Waals surface area contributed by atoms with Crippen molar-refractivity contribution >= 4 is 60.7 Å². The van der Waals surface area contributed by atoms with Gasteiger partial charge in [-0.15, -0.1) is 22.9 Å². The molecule has 0 fully saturated rings. The summed E-state index contributed by atoms with van der Waals surface area (Å²) in [6.07, 6.45) is 1.69. The van der Waals surface area contributed by atoms with Crippen LogP contribution in [-0.2, 0) is 0 Å². The van der Waals surface area contributed by atoms with Crippen molar-refractivity contribution in [1.82, 2.24) is 5.32 Å². The molecule has 1 heterocycles.